The van der Waals surface area contributed by atoms with Crippen molar-refractivity contribution >= 4 is 23.3 Å². The first-order valence-electron chi connectivity index (χ1n) is 9.00. The van der Waals surface area contributed by atoms with Gasteiger partial charge in [0.25, 0.3) is 11.6 Å². The minimum absolute atomic E-state index is 0.0113. The highest BCUT2D eigenvalue weighted by Crippen LogP contribution is 2.25. The number of nitrogens with one attached hydrogen (secondary N) is 1. The summed E-state index contributed by atoms with van der Waals surface area (Å²) in [6.45, 7) is 7.06. The maximum absolute atomic E-state index is 11.9. The van der Waals surface area contributed by atoms with Crippen LogP contribution in [-0.2, 0) is 19.7 Å². The number of nitrogens with zero attached hydrogens (tertiary/aromatic N) is 1. The summed E-state index contributed by atoms with van der Waals surface area (Å²) in [5.74, 6) is -0.895. The Hall–Kier alpha value is -3.42. The smallest absolute Gasteiger partial charge is 0.344 e. The molecule has 0 aliphatic heterocycles. The lowest BCUT2D eigenvalue weighted by Gasteiger charge is -2.19. The van der Waals surface area contributed by atoms with Crippen LogP contribution in [-0.4, -0.2) is 30.0 Å². The van der Waals surface area contributed by atoms with Gasteiger partial charge in [-0.2, -0.15) is 0 Å². The number of carbonyl (C=O) groups excluding carboxylic acids is 2. The van der Waals surface area contributed by atoms with E-state index in [0.717, 1.165) is 5.56 Å². The lowest BCUT2D eigenvalue weighted by Crippen LogP contribution is -2.24. The Balaban J connectivity index is 1.82. The van der Waals surface area contributed by atoms with Gasteiger partial charge in [-0.25, -0.2) is 4.79 Å². The molecule has 0 atom stereocenters. The number of nitro benzene ring substituents is 1. The highest BCUT2D eigenvalue weighted by molar-refractivity contribution is 5.94. The van der Waals surface area contributed by atoms with Crippen LogP contribution < -0.4 is 10.1 Å². The molecule has 8 heteroatoms. The summed E-state index contributed by atoms with van der Waals surface area (Å²) in [5.41, 5.74) is 1.64. The number of aryl methyl sites for hydroxylation is 1. The first-order valence-corrected chi connectivity index (χ1v) is 9.00. The molecule has 0 fully saturated rings. The third-order valence-corrected chi connectivity index (χ3v) is 4.07. The number of hydrogen-bond donors (Lipinski definition) is 1. The summed E-state index contributed by atoms with van der Waals surface area (Å²) in [6.07, 6.45) is 0. The predicted octanol–water partition coefficient (Wildman–Crippen LogP) is 3.76. The van der Waals surface area contributed by atoms with Gasteiger partial charge in [-0.15, -0.1) is 0 Å². The van der Waals surface area contributed by atoms with Crippen LogP contribution in [0.4, 0.5) is 11.4 Å². The molecular weight excluding hydrogens is 376 g/mol. The summed E-state index contributed by atoms with van der Waals surface area (Å²) in [5, 5.41) is 13.4. The minimum atomic E-state index is -0.724. The normalized spacial score (nSPS) is 10.9. The molecule has 2 aromatic carbocycles. The van der Waals surface area contributed by atoms with Gasteiger partial charge in [-0.3, -0.25) is 14.9 Å². The van der Waals surface area contributed by atoms with Gasteiger partial charge in [0.1, 0.15) is 11.4 Å². The zero-order valence-corrected chi connectivity index (χ0v) is 16.9. The van der Waals surface area contributed by atoms with Crippen LogP contribution in [0.2, 0.25) is 0 Å². The van der Waals surface area contributed by atoms with Gasteiger partial charge in [0.05, 0.1) is 4.92 Å². The first-order chi connectivity index (χ1) is 13.6. The first kappa shape index (κ1) is 21.9. The molecule has 1 N–H and O–H groups in total. The number of ether oxygens (including phenoxy) is 2. The second-order valence-corrected chi connectivity index (χ2v) is 7.55. The molecule has 0 radical (unpaired) electrons. The maximum atomic E-state index is 11.9. The molecule has 2 rings (SSSR count). The van der Waals surface area contributed by atoms with Crippen molar-refractivity contribution in [2.24, 2.45) is 0 Å². The van der Waals surface area contributed by atoms with Crippen LogP contribution in [0.5, 0.6) is 5.75 Å². The van der Waals surface area contributed by atoms with E-state index in [1.165, 1.54) is 12.1 Å². The Morgan fingerprint density at radius 3 is 2.31 bits per heavy atom. The average molecular weight is 400 g/mol. The SMILES string of the molecule is Cc1ccc(NC(=O)COC(=O)COc2ccc(C(C)(C)C)cc2)c([N+](=O)[O-])c1. The largest absolute Gasteiger partial charge is 0.482 e. The number of anilines is 1. The standard InChI is InChI=1S/C21H24N2O6/c1-14-5-10-17(18(11-14)23(26)27)22-19(24)12-29-20(25)13-28-16-8-6-15(7-9-16)21(2,3)4/h5-11H,12-13H2,1-4H3,(H,22,24). The molecule has 8 nitrogen and oxygen atoms in total. The highest BCUT2D eigenvalue weighted by Gasteiger charge is 2.17. The van der Waals surface area contributed by atoms with E-state index < -0.39 is 23.4 Å². The maximum Gasteiger partial charge on any atom is 0.344 e. The van der Waals surface area contributed by atoms with E-state index in [-0.39, 0.29) is 23.4 Å². The zero-order chi connectivity index (χ0) is 21.6. The third kappa shape index (κ3) is 6.60. The molecule has 2 aromatic rings. The van der Waals surface area contributed by atoms with Crippen LogP contribution in [0.15, 0.2) is 42.5 Å². The van der Waals surface area contributed by atoms with Crippen LogP contribution in [0.25, 0.3) is 0 Å². The molecule has 154 valence electrons. The minimum Gasteiger partial charge on any atom is -0.482 e. The fraction of sp³-hybridized carbons (Fsp3) is 0.333. The van der Waals surface area contributed by atoms with Gasteiger partial charge in [0, 0.05) is 6.07 Å². The van der Waals surface area contributed by atoms with Crippen molar-refractivity contribution in [2.75, 3.05) is 18.5 Å². The molecule has 0 bridgehead atoms. The van der Waals surface area contributed by atoms with Crippen LogP contribution in [0.3, 0.4) is 0 Å². The van der Waals surface area contributed by atoms with Crippen LogP contribution >= 0.6 is 0 Å². The lowest BCUT2D eigenvalue weighted by atomic mass is 9.87. The number of rotatable bonds is 7. The summed E-state index contributed by atoms with van der Waals surface area (Å²) < 4.78 is 10.2. The fourth-order valence-corrected chi connectivity index (χ4v) is 2.47. The molecular formula is C21H24N2O6. The monoisotopic (exact) mass is 400 g/mol. The van der Waals surface area contributed by atoms with E-state index >= 15 is 0 Å². The van der Waals surface area contributed by atoms with E-state index in [4.69, 9.17) is 9.47 Å². The number of nitro groups is 1. The highest BCUT2D eigenvalue weighted by atomic mass is 16.6. The molecule has 0 spiro atoms. The molecule has 0 heterocycles. The molecule has 1 amide bonds. The van der Waals surface area contributed by atoms with Gasteiger partial charge in [-0.05, 0) is 41.7 Å². The molecule has 0 aromatic heterocycles. The van der Waals surface area contributed by atoms with E-state index in [0.29, 0.717) is 11.3 Å². The van der Waals surface area contributed by atoms with Crippen molar-refractivity contribution in [3.63, 3.8) is 0 Å². The molecule has 0 aliphatic carbocycles. The van der Waals surface area contributed by atoms with Crippen molar-refractivity contribution in [3.8, 4) is 5.75 Å². The van der Waals surface area contributed by atoms with Gasteiger partial charge < -0.3 is 14.8 Å². The van der Waals surface area contributed by atoms with Crippen molar-refractivity contribution in [2.45, 2.75) is 33.1 Å². The fourth-order valence-electron chi connectivity index (χ4n) is 2.47. The van der Waals surface area contributed by atoms with Crippen LogP contribution in [0, 0.1) is 17.0 Å². The second kappa shape index (κ2) is 9.18. The van der Waals surface area contributed by atoms with E-state index in [1.807, 2.05) is 12.1 Å². The number of hydrogen-bond acceptors (Lipinski definition) is 6. The summed E-state index contributed by atoms with van der Waals surface area (Å²) in [7, 11) is 0. The average Bonchev–Trinajstić information content (AvgIpc) is 2.65. The molecule has 29 heavy (non-hydrogen) atoms. The predicted molar refractivity (Wildman–Crippen MR) is 108 cm³/mol. The van der Waals surface area contributed by atoms with Gasteiger partial charge in [-0.1, -0.05) is 39.0 Å². The number of esters is 1. The van der Waals surface area contributed by atoms with Crippen molar-refractivity contribution < 1.29 is 24.0 Å². The molecule has 0 saturated carbocycles. The lowest BCUT2D eigenvalue weighted by molar-refractivity contribution is -0.384. The zero-order valence-electron chi connectivity index (χ0n) is 16.9. The van der Waals surface area contributed by atoms with Crippen LogP contribution in [0.1, 0.15) is 31.9 Å². The van der Waals surface area contributed by atoms with E-state index in [1.54, 1.807) is 25.1 Å². The Morgan fingerprint density at radius 2 is 1.72 bits per heavy atom. The quantitative estimate of drug-likeness (QED) is 0.431. The number of benzene rings is 2. The van der Waals surface area contributed by atoms with Crippen molar-refractivity contribution in [1.29, 1.82) is 0 Å². The Morgan fingerprint density at radius 1 is 1.07 bits per heavy atom. The summed E-state index contributed by atoms with van der Waals surface area (Å²) in [4.78, 5) is 34.2. The third-order valence-electron chi connectivity index (χ3n) is 4.07. The Labute approximate surface area is 169 Å². The van der Waals surface area contributed by atoms with Gasteiger partial charge >= 0.3 is 5.97 Å². The van der Waals surface area contributed by atoms with Gasteiger partial charge in [0.15, 0.2) is 13.2 Å². The summed E-state index contributed by atoms with van der Waals surface area (Å²) in [6, 6.07) is 11.8. The molecule has 0 aliphatic rings. The number of carbonyl (C=O) groups is 2. The number of amides is 1. The van der Waals surface area contributed by atoms with Crippen molar-refractivity contribution in [1.82, 2.24) is 0 Å². The molecule has 0 saturated heterocycles. The Kier molecular flexibility index (Phi) is 6.93. The van der Waals surface area contributed by atoms with Crippen molar-refractivity contribution in [3.05, 3.63) is 63.7 Å². The second-order valence-electron chi connectivity index (χ2n) is 7.55. The summed E-state index contributed by atoms with van der Waals surface area (Å²) >= 11 is 0. The molecule has 0 unspecified atom stereocenters. The van der Waals surface area contributed by atoms with E-state index in [2.05, 4.69) is 26.1 Å². The topological polar surface area (TPSA) is 108 Å². The van der Waals surface area contributed by atoms with E-state index in [9.17, 15) is 19.7 Å². The Bertz CT molecular complexity index is 900. The van der Waals surface area contributed by atoms with Gasteiger partial charge in [0.2, 0.25) is 0 Å².